The van der Waals surface area contributed by atoms with E-state index in [9.17, 15) is 0 Å². The van der Waals surface area contributed by atoms with Crippen LogP contribution in [0.15, 0.2) is 0 Å². The Labute approximate surface area is 75.9 Å². The normalized spacial score (nSPS) is 27.0. The van der Waals surface area contributed by atoms with Gasteiger partial charge in [0.2, 0.25) is 0 Å². The standard InChI is InChI=1S/C10H22N2/c1-9(5-6-11)8-10-4-2-3-7-12-10/h9-10,12H,2-8,11H2,1H3. The lowest BCUT2D eigenvalue weighted by molar-refractivity contribution is 0.331. The van der Waals surface area contributed by atoms with Crippen molar-refractivity contribution in [1.29, 1.82) is 0 Å². The lowest BCUT2D eigenvalue weighted by Gasteiger charge is -2.25. The van der Waals surface area contributed by atoms with Crippen molar-refractivity contribution in [1.82, 2.24) is 5.32 Å². The third-order valence-electron chi connectivity index (χ3n) is 2.76. The van der Waals surface area contributed by atoms with Gasteiger partial charge in [0.25, 0.3) is 0 Å². The number of rotatable bonds is 4. The minimum Gasteiger partial charge on any atom is -0.330 e. The molecule has 72 valence electrons. The minimum atomic E-state index is 0.778. The molecule has 1 aliphatic rings. The van der Waals surface area contributed by atoms with Crippen LogP contribution in [0.4, 0.5) is 0 Å². The molecule has 0 aliphatic carbocycles. The number of hydrogen-bond acceptors (Lipinski definition) is 2. The molecule has 12 heavy (non-hydrogen) atoms. The minimum absolute atomic E-state index is 0.778. The van der Waals surface area contributed by atoms with E-state index in [0.29, 0.717) is 0 Å². The zero-order valence-corrected chi connectivity index (χ0v) is 8.18. The van der Waals surface area contributed by atoms with Gasteiger partial charge in [0.15, 0.2) is 0 Å². The summed E-state index contributed by atoms with van der Waals surface area (Å²) in [6.45, 7) is 4.37. The van der Waals surface area contributed by atoms with Crippen molar-refractivity contribution in [3.8, 4) is 0 Å². The second kappa shape index (κ2) is 5.55. The molecule has 0 spiro atoms. The predicted octanol–water partition coefficient (Wildman–Crippen LogP) is 1.50. The van der Waals surface area contributed by atoms with E-state index >= 15 is 0 Å². The summed E-state index contributed by atoms with van der Waals surface area (Å²) in [5, 5.41) is 3.57. The molecule has 1 fully saturated rings. The molecule has 3 N–H and O–H groups in total. The summed E-state index contributed by atoms with van der Waals surface area (Å²) in [6, 6.07) is 0.778. The van der Waals surface area contributed by atoms with Crippen LogP contribution in [-0.4, -0.2) is 19.1 Å². The van der Waals surface area contributed by atoms with Gasteiger partial charge in [-0.25, -0.2) is 0 Å². The van der Waals surface area contributed by atoms with Crippen molar-refractivity contribution in [3.05, 3.63) is 0 Å². The largest absolute Gasteiger partial charge is 0.330 e. The third kappa shape index (κ3) is 3.55. The Morgan fingerprint density at radius 2 is 2.33 bits per heavy atom. The van der Waals surface area contributed by atoms with Crippen LogP contribution < -0.4 is 11.1 Å². The lowest BCUT2D eigenvalue weighted by atomic mass is 9.93. The van der Waals surface area contributed by atoms with Crippen molar-refractivity contribution >= 4 is 0 Å². The highest BCUT2D eigenvalue weighted by atomic mass is 14.9. The summed E-state index contributed by atoms with van der Waals surface area (Å²) >= 11 is 0. The average molecular weight is 170 g/mol. The fourth-order valence-corrected chi connectivity index (χ4v) is 2.01. The van der Waals surface area contributed by atoms with Crippen LogP contribution in [0.25, 0.3) is 0 Å². The van der Waals surface area contributed by atoms with Crippen molar-refractivity contribution in [2.75, 3.05) is 13.1 Å². The number of nitrogens with one attached hydrogen (secondary N) is 1. The summed E-state index contributed by atoms with van der Waals surface area (Å²) in [5.41, 5.74) is 5.51. The fraction of sp³-hybridized carbons (Fsp3) is 1.00. The van der Waals surface area contributed by atoms with E-state index in [-0.39, 0.29) is 0 Å². The molecule has 0 amide bonds. The maximum atomic E-state index is 5.51. The van der Waals surface area contributed by atoms with E-state index in [4.69, 9.17) is 5.73 Å². The van der Waals surface area contributed by atoms with Crippen LogP contribution in [0.3, 0.4) is 0 Å². The molecule has 1 rings (SSSR count). The van der Waals surface area contributed by atoms with E-state index < -0.39 is 0 Å². The van der Waals surface area contributed by atoms with Crippen molar-refractivity contribution in [2.24, 2.45) is 11.7 Å². The second-order valence-corrected chi connectivity index (χ2v) is 4.07. The highest BCUT2D eigenvalue weighted by Gasteiger charge is 2.14. The van der Waals surface area contributed by atoms with Gasteiger partial charge < -0.3 is 11.1 Å². The van der Waals surface area contributed by atoms with Gasteiger partial charge in [-0.2, -0.15) is 0 Å². The maximum Gasteiger partial charge on any atom is 0.00696 e. The third-order valence-corrected chi connectivity index (χ3v) is 2.76. The van der Waals surface area contributed by atoms with Crippen LogP contribution in [-0.2, 0) is 0 Å². The summed E-state index contributed by atoms with van der Waals surface area (Å²) in [4.78, 5) is 0. The molecule has 1 heterocycles. The molecule has 2 nitrogen and oxygen atoms in total. The molecule has 2 atom stereocenters. The van der Waals surface area contributed by atoms with Gasteiger partial charge in [0, 0.05) is 6.04 Å². The summed E-state index contributed by atoms with van der Waals surface area (Å²) in [6.07, 6.45) is 6.64. The Morgan fingerprint density at radius 1 is 1.50 bits per heavy atom. The quantitative estimate of drug-likeness (QED) is 0.671. The second-order valence-electron chi connectivity index (χ2n) is 4.07. The molecule has 0 aromatic heterocycles. The van der Waals surface area contributed by atoms with Crippen molar-refractivity contribution in [2.45, 2.75) is 45.1 Å². The van der Waals surface area contributed by atoms with E-state index in [0.717, 1.165) is 18.5 Å². The Hall–Kier alpha value is -0.0800. The first kappa shape index (κ1) is 10.0. The van der Waals surface area contributed by atoms with Gasteiger partial charge in [0.05, 0.1) is 0 Å². The van der Waals surface area contributed by atoms with Gasteiger partial charge in [0.1, 0.15) is 0 Å². The molecule has 0 saturated carbocycles. The van der Waals surface area contributed by atoms with Crippen molar-refractivity contribution < 1.29 is 0 Å². The molecule has 2 unspecified atom stereocenters. The molecule has 0 bridgehead atoms. The molecule has 0 aromatic rings. The zero-order valence-electron chi connectivity index (χ0n) is 8.18. The van der Waals surface area contributed by atoms with Crippen molar-refractivity contribution in [3.63, 3.8) is 0 Å². The van der Waals surface area contributed by atoms with Gasteiger partial charge in [-0.1, -0.05) is 13.3 Å². The lowest BCUT2D eigenvalue weighted by Crippen LogP contribution is -2.35. The van der Waals surface area contributed by atoms with Crippen LogP contribution in [0.5, 0.6) is 0 Å². The van der Waals surface area contributed by atoms with Gasteiger partial charge in [-0.05, 0) is 44.7 Å². The summed E-state index contributed by atoms with van der Waals surface area (Å²) in [7, 11) is 0. The number of hydrogen-bond donors (Lipinski definition) is 2. The molecule has 1 saturated heterocycles. The first-order valence-electron chi connectivity index (χ1n) is 5.26. The summed E-state index contributed by atoms with van der Waals surface area (Å²) in [5.74, 6) is 0.797. The van der Waals surface area contributed by atoms with Crippen LogP contribution in [0, 0.1) is 5.92 Å². The predicted molar refractivity (Wildman–Crippen MR) is 53.1 cm³/mol. The highest BCUT2D eigenvalue weighted by Crippen LogP contribution is 2.16. The Kier molecular flexibility index (Phi) is 4.62. The molecule has 1 aliphatic heterocycles. The van der Waals surface area contributed by atoms with E-state index in [1.165, 1.54) is 38.6 Å². The number of nitrogens with two attached hydrogens (primary N) is 1. The molecular formula is C10H22N2. The van der Waals surface area contributed by atoms with Gasteiger partial charge in [-0.15, -0.1) is 0 Å². The molecular weight excluding hydrogens is 148 g/mol. The SMILES string of the molecule is CC(CCN)CC1CCCCN1. The number of piperidine rings is 1. The van der Waals surface area contributed by atoms with E-state index in [2.05, 4.69) is 12.2 Å². The summed E-state index contributed by atoms with van der Waals surface area (Å²) < 4.78 is 0. The topological polar surface area (TPSA) is 38.0 Å². The van der Waals surface area contributed by atoms with E-state index in [1.807, 2.05) is 0 Å². The fourth-order valence-electron chi connectivity index (χ4n) is 2.01. The van der Waals surface area contributed by atoms with E-state index in [1.54, 1.807) is 0 Å². The monoisotopic (exact) mass is 170 g/mol. The Bertz CT molecular complexity index is 108. The molecule has 2 heteroatoms. The first-order chi connectivity index (χ1) is 5.83. The smallest absolute Gasteiger partial charge is 0.00696 e. The maximum absolute atomic E-state index is 5.51. The molecule has 0 aromatic carbocycles. The van der Waals surface area contributed by atoms with Gasteiger partial charge in [-0.3, -0.25) is 0 Å². The first-order valence-corrected chi connectivity index (χ1v) is 5.26. The average Bonchev–Trinajstić information content (AvgIpc) is 2.06. The van der Waals surface area contributed by atoms with Gasteiger partial charge >= 0.3 is 0 Å². The van der Waals surface area contributed by atoms with Crippen LogP contribution in [0.2, 0.25) is 0 Å². The Balaban J connectivity index is 2.11. The van der Waals surface area contributed by atoms with Crippen LogP contribution in [0.1, 0.15) is 39.0 Å². The molecule has 0 radical (unpaired) electrons. The highest BCUT2D eigenvalue weighted by molar-refractivity contribution is 4.74. The Morgan fingerprint density at radius 3 is 2.92 bits per heavy atom. The zero-order chi connectivity index (χ0) is 8.81. The van der Waals surface area contributed by atoms with Crippen LogP contribution >= 0.6 is 0 Å².